The smallest absolute Gasteiger partial charge is 0.408 e. The number of amides is 1. The van der Waals surface area contributed by atoms with Crippen LogP contribution in [0.25, 0.3) is 22.4 Å². The van der Waals surface area contributed by atoms with Crippen LogP contribution in [0.1, 0.15) is 34.1 Å². The van der Waals surface area contributed by atoms with Crippen molar-refractivity contribution in [3.63, 3.8) is 0 Å². The number of alkyl carbamates (subject to hydrolysis) is 1. The van der Waals surface area contributed by atoms with E-state index in [1.807, 2.05) is 66.7 Å². The molecule has 0 fully saturated rings. The number of benzene rings is 4. The fourth-order valence-electron chi connectivity index (χ4n) is 5.20. The molecule has 6 heteroatoms. The van der Waals surface area contributed by atoms with Gasteiger partial charge in [-0.05, 0) is 51.9 Å². The van der Waals surface area contributed by atoms with Gasteiger partial charge in [-0.1, -0.05) is 84.9 Å². The Kier molecular flexibility index (Phi) is 6.83. The fraction of sp³-hybridized carbons (Fsp3) is 0.152. The number of nitrogens with zero attached hydrogens (tertiary/aromatic N) is 1. The molecule has 1 aromatic heterocycles. The van der Waals surface area contributed by atoms with Gasteiger partial charge in [0.15, 0.2) is 0 Å². The third-order valence-corrected chi connectivity index (χ3v) is 7.19. The van der Waals surface area contributed by atoms with E-state index < -0.39 is 12.1 Å². The predicted molar refractivity (Wildman–Crippen MR) is 151 cm³/mol. The number of H-pyrrole nitrogens is 1. The SMILES string of the molecule is COc1cccc(-c2cnc([C@H](Cc3ccccc3)NC(=O)OCc3cccc4c3Cc3ccccc3-4)[nH]2)c1. The second kappa shape index (κ2) is 10.9. The molecular formula is C33H29N3O3. The summed E-state index contributed by atoms with van der Waals surface area (Å²) >= 11 is 0. The Morgan fingerprint density at radius 3 is 2.62 bits per heavy atom. The van der Waals surface area contributed by atoms with E-state index in [1.165, 1.54) is 22.3 Å². The van der Waals surface area contributed by atoms with Gasteiger partial charge in [-0.25, -0.2) is 9.78 Å². The molecule has 1 aliphatic carbocycles. The van der Waals surface area contributed by atoms with Crippen LogP contribution in [0.15, 0.2) is 103 Å². The summed E-state index contributed by atoms with van der Waals surface area (Å²) in [5.74, 6) is 1.42. The summed E-state index contributed by atoms with van der Waals surface area (Å²) in [6, 6.07) is 32.0. The maximum atomic E-state index is 13.1. The Morgan fingerprint density at radius 2 is 1.74 bits per heavy atom. The minimum absolute atomic E-state index is 0.203. The molecule has 4 aromatic carbocycles. The molecule has 1 amide bonds. The van der Waals surface area contributed by atoms with Crippen LogP contribution in [0, 0.1) is 0 Å². The highest BCUT2D eigenvalue weighted by Gasteiger charge is 2.23. The summed E-state index contributed by atoms with van der Waals surface area (Å²) in [4.78, 5) is 21.1. The molecule has 1 heterocycles. The van der Waals surface area contributed by atoms with Crippen molar-refractivity contribution in [1.82, 2.24) is 15.3 Å². The first-order chi connectivity index (χ1) is 19.2. The van der Waals surface area contributed by atoms with E-state index in [0.29, 0.717) is 12.2 Å². The quantitative estimate of drug-likeness (QED) is 0.232. The highest BCUT2D eigenvalue weighted by Crippen LogP contribution is 2.38. The standard InChI is InChI=1S/C33H29N3O3/c1-38-26-14-7-12-24(18-26)31-20-34-32(35-31)30(17-22-9-3-2-4-10-22)36-33(37)39-21-25-13-8-16-28-27-15-6-5-11-23(27)19-29(25)28/h2-16,18,20,30H,17,19,21H2,1H3,(H,34,35)(H,36,37)/t30-/m0/s1. The monoisotopic (exact) mass is 515 g/mol. The van der Waals surface area contributed by atoms with Crippen LogP contribution < -0.4 is 10.1 Å². The van der Waals surface area contributed by atoms with Crippen LogP contribution in [0.4, 0.5) is 4.79 Å². The van der Waals surface area contributed by atoms with Crippen molar-refractivity contribution in [2.24, 2.45) is 0 Å². The van der Waals surface area contributed by atoms with E-state index in [1.54, 1.807) is 13.3 Å². The number of imidazole rings is 1. The van der Waals surface area contributed by atoms with Crippen molar-refractivity contribution < 1.29 is 14.3 Å². The average Bonchev–Trinajstić information content (AvgIpc) is 3.62. The van der Waals surface area contributed by atoms with Gasteiger partial charge in [0.2, 0.25) is 0 Å². The molecule has 0 radical (unpaired) electrons. The first kappa shape index (κ1) is 24.5. The Bertz CT molecular complexity index is 1610. The summed E-state index contributed by atoms with van der Waals surface area (Å²) in [6.07, 6.45) is 2.71. The van der Waals surface area contributed by atoms with Gasteiger partial charge < -0.3 is 19.8 Å². The van der Waals surface area contributed by atoms with Crippen LogP contribution in [-0.4, -0.2) is 23.2 Å². The number of methoxy groups -OCH3 is 1. The van der Waals surface area contributed by atoms with Crippen molar-refractivity contribution in [2.45, 2.75) is 25.5 Å². The molecule has 1 aliphatic rings. The topological polar surface area (TPSA) is 76.2 Å². The number of fused-ring (bicyclic) bond motifs is 3. The lowest BCUT2D eigenvalue weighted by Gasteiger charge is -2.17. The molecular weight excluding hydrogens is 486 g/mol. The van der Waals surface area contributed by atoms with Gasteiger partial charge in [-0.3, -0.25) is 0 Å². The van der Waals surface area contributed by atoms with E-state index in [9.17, 15) is 4.79 Å². The highest BCUT2D eigenvalue weighted by molar-refractivity contribution is 5.78. The maximum Gasteiger partial charge on any atom is 0.408 e. The van der Waals surface area contributed by atoms with Gasteiger partial charge in [-0.15, -0.1) is 0 Å². The molecule has 0 bridgehead atoms. The maximum absolute atomic E-state index is 13.1. The molecule has 0 aliphatic heterocycles. The van der Waals surface area contributed by atoms with Crippen LogP contribution in [0.5, 0.6) is 5.75 Å². The summed E-state index contributed by atoms with van der Waals surface area (Å²) in [7, 11) is 1.64. The van der Waals surface area contributed by atoms with E-state index in [4.69, 9.17) is 9.47 Å². The van der Waals surface area contributed by atoms with Crippen molar-refractivity contribution in [2.75, 3.05) is 7.11 Å². The summed E-state index contributed by atoms with van der Waals surface area (Å²) in [6.45, 7) is 0.203. The van der Waals surface area contributed by atoms with Gasteiger partial charge >= 0.3 is 6.09 Å². The molecule has 6 nitrogen and oxygen atoms in total. The first-order valence-corrected chi connectivity index (χ1v) is 13.0. The number of carbonyl (C=O) groups is 1. The van der Waals surface area contributed by atoms with Crippen molar-refractivity contribution in [3.8, 4) is 28.1 Å². The largest absolute Gasteiger partial charge is 0.497 e. The Morgan fingerprint density at radius 1 is 0.949 bits per heavy atom. The number of nitrogens with one attached hydrogen (secondary N) is 2. The lowest BCUT2D eigenvalue weighted by atomic mass is 10.0. The van der Waals surface area contributed by atoms with E-state index >= 15 is 0 Å². The Hall–Kier alpha value is -4.84. The Balaban J connectivity index is 1.19. The molecule has 194 valence electrons. The number of ether oxygens (including phenoxy) is 2. The number of hydrogen-bond donors (Lipinski definition) is 2. The van der Waals surface area contributed by atoms with Gasteiger partial charge in [0.25, 0.3) is 0 Å². The number of carbonyl (C=O) groups excluding carboxylic acids is 1. The first-order valence-electron chi connectivity index (χ1n) is 13.0. The van der Waals surface area contributed by atoms with Crippen LogP contribution in [0.3, 0.4) is 0 Å². The van der Waals surface area contributed by atoms with Gasteiger partial charge in [0, 0.05) is 12.0 Å². The second-order valence-corrected chi connectivity index (χ2v) is 9.65. The van der Waals surface area contributed by atoms with Gasteiger partial charge in [0.1, 0.15) is 18.2 Å². The zero-order valence-corrected chi connectivity index (χ0v) is 21.7. The molecule has 5 aromatic rings. The molecule has 6 rings (SSSR count). The number of aromatic amines is 1. The van der Waals surface area contributed by atoms with Crippen molar-refractivity contribution in [3.05, 3.63) is 131 Å². The minimum atomic E-state index is -0.483. The lowest BCUT2D eigenvalue weighted by Crippen LogP contribution is -2.31. The van der Waals surface area contributed by atoms with E-state index in [0.717, 1.165) is 34.6 Å². The number of hydrogen-bond acceptors (Lipinski definition) is 4. The van der Waals surface area contributed by atoms with E-state index in [2.05, 4.69) is 45.6 Å². The van der Waals surface area contributed by atoms with Crippen LogP contribution in [-0.2, 0) is 24.2 Å². The number of rotatable bonds is 8. The number of aromatic nitrogens is 2. The predicted octanol–water partition coefficient (Wildman–Crippen LogP) is 6.87. The minimum Gasteiger partial charge on any atom is -0.497 e. The summed E-state index contributed by atoms with van der Waals surface area (Å²) in [5.41, 5.74) is 8.90. The molecule has 39 heavy (non-hydrogen) atoms. The highest BCUT2D eigenvalue weighted by atomic mass is 16.5. The van der Waals surface area contributed by atoms with Gasteiger partial charge in [-0.2, -0.15) is 0 Å². The second-order valence-electron chi connectivity index (χ2n) is 9.65. The lowest BCUT2D eigenvalue weighted by molar-refractivity contribution is 0.135. The summed E-state index contributed by atoms with van der Waals surface area (Å²) in [5, 5.41) is 3.04. The average molecular weight is 516 g/mol. The third kappa shape index (κ3) is 5.27. The fourth-order valence-corrected chi connectivity index (χ4v) is 5.20. The molecule has 0 spiro atoms. The molecule has 0 unspecified atom stereocenters. The molecule has 1 atom stereocenters. The van der Waals surface area contributed by atoms with Crippen molar-refractivity contribution in [1.29, 1.82) is 0 Å². The van der Waals surface area contributed by atoms with Crippen LogP contribution >= 0.6 is 0 Å². The van der Waals surface area contributed by atoms with Gasteiger partial charge in [0.05, 0.1) is 25.0 Å². The zero-order chi connectivity index (χ0) is 26.6. The third-order valence-electron chi connectivity index (χ3n) is 7.19. The zero-order valence-electron chi connectivity index (χ0n) is 21.7. The molecule has 0 saturated carbocycles. The summed E-state index contributed by atoms with van der Waals surface area (Å²) < 4.78 is 11.1. The normalized spacial score (nSPS) is 12.3. The van der Waals surface area contributed by atoms with E-state index in [-0.39, 0.29) is 6.61 Å². The molecule has 2 N–H and O–H groups in total. The van der Waals surface area contributed by atoms with Crippen molar-refractivity contribution >= 4 is 6.09 Å². The molecule has 0 saturated heterocycles. The Labute approximate surface area is 227 Å². The van der Waals surface area contributed by atoms with Crippen LogP contribution in [0.2, 0.25) is 0 Å².